The van der Waals surface area contributed by atoms with E-state index in [-0.39, 0.29) is 0 Å². The van der Waals surface area contributed by atoms with E-state index in [0.717, 1.165) is 12.8 Å². The zero-order valence-corrected chi connectivity index (χ0v) is 30.0. The van der Waals surface area contributed by atoms with E-state index in [1.807, 2.05) is 50.2 Å². The number of rotatable bonds is 2. The van der Waals surface area contributed by atoms with Crippen molar-refractivity contribution in [3.05, 3.63) is 192 Å². The lowest BCUT2D eigenvalue weighted by Gasteiger charge is -2.35. The molecule has 0 amide bonds. The Bertz CT molecular complexity index is 2150. The maximum absolute atomic E-state index is 2.48. The highest BCUT2D eigenvalue weighted by Crippen LogP contribution is 2.52. The maximum Gasteiger partial charge on any atom is 0.0546 e. The Labute approximate surface area is 299 Å². The molecule has 7 aromatic carbocycles. The van der Waals surface area contributed by atoms with Crippen LogP contribution >= 0.6 is 0 Å². The SMILES string of the molecule is CC.Cc1cc(-c2ccccc2)cc(N2c3cc4c(cc3-c3cccc5cccc2c35)CCC=C4)c1.Cc1ccccc1.Cc1ccccc1. The summed E-state index contributed by atoms with van der Waals surface area (Å²) in [6, 6.07) is 56.4. The van der Waals surface area contributed by atoms with E-state index < -0.39 is 0 Å². The van der Waals surface area contributed by atoms with Gasteiger partial charge in [-0.1, -0.05) is 165 Å². The van der Waals surface area contributed by atoms with Crippen LogP contribution in [0, 0.1) is 20.8 Å². The monoisotopic (exact) mass is 649 g/mol. The second-order valence-corrected chi connectivity index (χ2v) is 12.8. The molecule has 248 valence electrons. The summed E-state index contributed by atoms with van der Waals surface area (Å²) < 4.78 is 0. The summed E-state index contributed by atoms with van der Waals surface area (Å²) in [5.74, 6) is 0. The molecule has 0 atom stereocenters. The molecule has 0 spiro atoms. The summed E-state index contributed by atoms with van der Waals surface area (Å²) in [6.07, 6.45) is 6.83. The van der Waals surface area contributed by atoms with Crippen molar-refractivity contribution < 1.29 is 0 Å². The van der Waals surface area contributed by atoms with Crippen molar-refractivity contribution in [1.82, 2.24) is 0 Å². The number of benzene rings is 7. The molecule has 1 aliphatic heterocycles. The van der Waals surface area contributed by atoms with Gasteiger partial charge in [-0.15, -0.1) is 0 Å². The van der Waals surface area contributed by atoms with E-state index >= 15 is 0 Å². The van der Waals surface area contributed by atoms with Crippen molar-refractivity contribution in [2.75, 3.05) is 4.90 Å². The number of anilines is 3. The molecule has 2 aliphatic rings. The molecule has 7 aromatic rings. The smallest absolute Gasteiger partial charge is 0.0546 e. The first-order chi connectivity index (χ1) is 24.5. The predicted octanol–water partition coefficient (Wildman–Crippen LogP) is 14.2. The van der Waals surface area contributed by atoms with Crippen molar-refractivity contribution in [3.8, 4) is 22.3 Å². The molecule has 0 fully saturated rings. The van der Waals surface area contributed by atoms with E-state index in [2.05, 4.69) is 159 Å². The number of aryl methyl sites for hydroxylation is 4. The second-order valence-electron chi connectivity index (χ2n) is 12.8. The molecular formula is C49H47N. The van der Waals surface area contributed by atoms with Crippen LogP contribution in [0.25, 0.3) is 39.1 Å². The van der Waals surface area contributed by atoms with Gasteiger partial charge in [-0.05, 0) is 103 Å². The zero-order valence-electron chi connectivity index (χ0n) is 30.0. The Hall–Kier alpha value is -5.66. The van der Waals surface area contributed by atoms with Crippen LogP contribution in [0.15, 0.2) is 164 Å². The lowest BCUT2D eigenvalue weighted by molar-refractivity contribution is 0.985. The predicted molar refractivity (Wildman–Crippen MR) is 219 cm³/mol. The van der Waals surface area contributed by atoms with Crippen molar-refractivity contribution in [3.63, 3.8) is 0 Å². The summed E-state index contributed by atoms with van der Waals surface area (Å²) in [7, 11) is 0. The zero-order chi connectivity index (χ0) is 34.9. The summed E-state index contributed by atoms with van der Waals surface area (Å²) in [4.78, 5) is 2.48. The van der Waals surface area contributed by atoms with Crippen LogP contribution in [-0.2, 0) is 6.42 Å². The minimum absolute atomic E-state index is 1.11. The molecule has 0 bridgehead atoms. The Morgan fingerprint density at radius 1 is 0.480 bits per heavy atom. The normalized spacial score (nSPS) is 11.8. The fourth-order valence-corrected chi connectivity index (χ4v) is 6.77. The van der Waals surface area contributed by atoms with Gasteiger partial charge in [0.05, 0.1) is 11.4 Å². The van der Waals surface area contributed by atoms with Gasteiger partial charge in [0.25, 0.3) is 0 Å². The van der Waals surface area contributed by atoms with Gasteiger partial charge in [-0.25, -0.2) is 0 Å². The van der Waals surface area contributed by atoms with E-state index in [1.165, 1.54) is 77.9 Å². The standard InChI is InChI=1S/C33H25N.2C7H8.C2H6/c1-22-17-27(23-9-3-2-4-10-23)19-28(18-22)34-31-16-8-14-24-13-7-15-29(33(24)31)30-20-25-11-5-6-12-26(25)21-32(30)34;2*1-7-5-3-2-4-6-7;1-2/h2-4,6-10,12-21H,5,11H2,1H3;2*2-6H,1H3;1-2H3. The minimum Gasteiger partial charge on any atom is -0.309 e. The highest BCUT2D eigenvalue weighted by atomic mass is 15.2. The summed E-state index contributed by atoms with van der Waals surface area (Å²) in [5, 5.41) is 2.63. The molecule has 1 heterocycles. The fraction of sp³-hybridized carbons (Fsp3) is 0.143. The van der Waals surface area contributed by atoms with Crippen LogP contribution in [0.4, 0.5) is 17.1 Å². The van der Waals surface area contributed by atoms with Gasteiger partial charge >= 0.3 is 0 Å². The molecule has 50 heavy (non-hydrogen) atoms. The van der Waals surface area contributed by atoms with Crippen molar-refractivity contribution in [1.29, 1.82) is 0 Å². The van der Waals surface area contributed by atoms with Crippen LogP contribution < -0.4 is 4.90 Å². The first kappa shape index (κ1) is 34.2. The number of hydrogen-bond acceptors (Lipinski definition) is 1. The van der Waals surface area contributed by atoms with E-state index in [4.69, 9.17) is 0 Å². The summed E-state index contributed by atoms with van der Waals surface area (Å²) >= 11 is 0. The first-order valence-corrected chi connectivity index (χ1v) is 17.9. The maximum atomic E-state index is 2.48. The molecule has 0 saturated carbocycles. The van der Waals surface area contributed by atoms with Crippen molar-refractivity contribution in [2.45, 2.75) is 47.5 Å². The minimum atomic E-state index is 1.11. The number of nitrogens with zero attached hydrogens (tertiary/aromatic N) is 1. The molecule has 0 N–H and O–H groups in total. The molecule has 0 unspecified atom stereocenters. The van der Waals surface area contributed by atoms with Crippen LogP contribution in [0.2, 0.25) is 0 Å². The second kappa shape index (κ2) is 16.2. The van der Waals surface area contributed by atoms with E-state index in [9.17, 15) is 0 Å². The highest BCUT2D eigenvalue weighted by molar-refractivity contribution is 6.14. The molecule has 1 nitrogen and oxygen atoms in total. The van der Waals surface area contributed by atoms with Crippen molar-refractivity contribution >= 4 is 33.9 Å². The molecular weight excluding hydrogens is 603 g/mol. The average Bonchev–Trinajstić information content (AvgIpc) is 3.16. The van der Waals surface area contributed by atoms with Gasteiger partial charge in [0.2, 0.25) is 0 Å². The fourth-order valence-electron chi connectivity index (χ4n) is 6.77. The van der Waals surface area contributed by atoms with Crippen LogP contribution in [0.3, 0.4) is 0 Å². The highest BCUT2D eigenvalue weighted by Gasteiger charge is 2.27. The topological polar surface area (TPSA) is 3.24 Å². The van der Waals surface area contributed by atoms with Gasteiger partial charge in [-0.2, -0.15) is 0 Å². The van der Waals surface area contributed by atoms with Crippen LogP contribution in [-0.4, -0.2) is 0 Å². The van der Waals surface area contributed by atoms with Crippen LogP contribution in [0.1, 0.15) is 48.1 Å². The van der Waals surface area contributed by atoms with E-state index in [1.54, 1.807) is 0 Å². The molecule has 0 aromatic heterocycles. The Balaban J connectivity index is 0.000000224. The third kappa shape index (κ3) is 7.64. The van der Waals surface area contributed by atoms with Crippen LogP contribution in [0.5, 0.6) is 0 Å². The van der Waals surface area contributed by atoms with Gasteiger partial charge in [0.15, 0.2) is 0 Å². The van der Waals surface area contributed by atoms with Gasteiger partial charge in [-0.3, -0.25) is 0 Å². The Morgan fingerprint density at radius 2 is 1.10 bits per heavy atom. The quantitative estimate of drug-likeness (QED) is 0.180. The Kier molecular flexibility index (Phi) is 11.1. The Morgan fingerprint density at radius 3 is 1.72 bits per heavy atom. The molecule has 9 rings (SSSR count). The van der Waals surface area contributed by atoms with E-state index in [0.29, 0.717) is 0 Å². The van der Waals surface area contributed by atoms with Gasteiger partial charge in [0.1, 0.15) is 0 Å². The van der Waals surface area contributed by atoms with Crippen molar-refractivity contribution in [2.24, 2.45) is 0 Å². The molecule has 1 aliphatic carbocycles. The van der Waals surface area contributed by atoms with Gasteiger partial charge in [0, 0.05) is 16.6 Å². The third-order valence-electron chi connectivity index (χ3n) is 9.10. The summed E-state index contributed by atoms with van der Waals surface area (Å²) in [6.45, 7) is 10.4. The lowest BCUT2D eigenvalue weighted by Crippen LogP contribution is -2.16. The number of fused-ring (bicyclic) bond motifs is 3. The third-order valence-corrected chi connectivity index (χ3v) is 9.10. The first-order valence-electron chi connectivity index (χ1n) is 17.9. The molecule has 1 heteroatoms. The largest absolute Gasteiger partial charge is 0.309 e. The number of allylic oxidation sites excluding steroid dienone is 1. The lowest BCUT2D eigenvalue weighted by atomic mass is 9.86. The summed E-state index contributed by atoms with van der Waals surface area (Å²) in [5.41, 5.74) is 15.6. The number of hydrogen-bond donors (Lipinski definition) is 0. The average molecular weight is 650 g/mol. The van der Waals surface area contributed by atoms with Gasteiger partial charge < -0.3 is 4.90 Å². The molecule has 0 radical (unpaired) electrons. The molecule has 0 saturated heterocycles.